The van der Waals surface area contributed by atoms with Gasteiger partial charge in [0.25, 0.3) is 0 Å². The molecule has 3 nitrogen and oxygen atoms in total. The standard InChI is InChI=1S/C16H24N2O/c1-12-8-7-10-15(14(12)3)17-16(19)18-11-6-4-5-9-13(18)2/h7-8,10,13H,4-6,9,11H2,1-3H3,(H,17,19). The molecular formula is C16H24N2O. The minimum Gasteiger partial charge on any atom is -0.322 e. The SMILES string of the molecule is Cc1cccc(NC(=O)N2CCCCCC2C)c1C. The molecule has 1 atom stereocenters. The van der Waals surface area contributed by atoms with Crippen molar-refractivity contribution in [2.45, 2.75) is 52.5 Å². The summed E-state index contributed by atoms with van der Waals surface area (Å²) in [7, 11) is 0. The fraction of sp³-hybridized carbons (Fsp3) is 0.562. The van der Waals surface area contributed by atoms with E-state index >= 15 is 0 Å². The molecule has 104 valence electrons. The second-order valence-electron chi connectivity index (χ2n) is 5.57. The molecule has 1 aliphatic rings. The number of benzene rings is 1. The highest BCUT2D eigenvalue weighted by molar-refractivity contribution is 5.90. The summed E-state index contributed by atoms with van der Waals surface area (Å²) in [5, 5.41) is 3.07. The van der Waals surface area contributed by atoms with Crippen molar-refractivity contribution in [1.29, 1.82) is 0 Å². The van der Waals surface area contributed by atoms with Gasteiger partial charge in [-0.25, -0.2) is 4.79 Å². The van der Waals surface area contributed by atoms with E-state index in [2.05, 4.69) is 32.2 Å². The van der Waals surface area contributed by atoms with Gasteiger partial charge in [0.2, 0.25) is 0 Å². The Morgan fingerprint density at radius 3 is 2.84 bits per heavy atom. The number of anilines is 1. The Kier molecular flexibility index (Phi) is 4.46. The van der Waals surface area contributed by atoms with E-state index in [1.807, 2.05) is 17.0 Å². The Morgan fingerprint density at radius 1 is 1.26 bits per heavy atom. The van der Waals surface area contributed by atoms with E-state index in [4.69, 9.17) is 0 Å². The molecule has 0 radical (unpaired) electrons. The average molecular weight is 260 g/mol. The molecule has 0 saturated carbocycles. The second kappa shape index (κ2) is 6.09. The van der Waals surface area contributed by atoms with Crippen molar-refractivity contribution in [3.63, 3.8) is 0 Å². The van der Waals surface area contributed by atoms with Crippen LogP contribution in [0.1, 0.15) is 43.7 Å². The topological polar surface area (TPSA) is 32.3 Å². The molecule has 19 heavy (non-hydrogen) atoms. The molecule has 1 aromatic rings. The molecule has 0 bridgehead atoms. The predicted molar refractivity (Wildman–Crippen MR) is 79.6 cm³/mol. The van der Waals surface area contributed by atoms with Gasteiger partial charge in [-0.05, 0) is 50.8 Å². The van der Waals surface area contributed by atoms with Crippen molar-refractivity contribution in [3.05, 3.63) is 29.3 Å². The Labute approximate surface area is 116 Å². The lowest BCUT2D eigenvalue weighted by atomic mass is 10.1. The third-order valence-corrected chi connectivity index (χ3v) is 4.16. The predicted octanol–water partition coefficient (Wildman–Crippen LogP) is 4.10. The first-order chi connectivity index (χ1) is 9.09. The van der Waals surface area contributed by atoms with E-state index in [-0.39, 0.29) is 6.03 Å². The van der Waals surface area contributed by atoms with Crippen LogP contribution in [0.4, 0.5) is 10.5 Å². The zero-order valence-electron chi connectivity index (χ0n) is 12.2. The molecule has 1 N–H and O–H groups in total. The fourth-order valence-electron chi connectivity index (χ4n) is 2.65. The first-order valence-electron chi connectivity index (χ1n) is 7.23. The van der Waals surface area contributed by atoms with E-state index in [1.165, 1.54) is 18.4 Å². The highest BCUT2D eigenvalue weighted by Gasteiger charge is 2.22. The number of nitrogens with one attached hydrogen (secondary N) is 1. The van der Waals surface area contributed by atoms with Gasteiger partial charge in [-0.3, -0.25) is 0 Å². The highest BCUT2D eigenvalue weighted by Crippen LogP contribution is 2.21. The Balaban J connectivity index is 2.09. The summed E-state index contributed by atoms with van der Waals surface area (Å²) >= 11 is 0. The summed E-state index contributed by atoms with van der Waals surface area (Å²) in [5.41, 5.74) is 3.29. The van der Waals surface area contributed by atoms with Crippen LogP contribution < -0.4 is 5.32 Å². The normalized spacial score (nSPS) is 19.9. The van der Waals surface area contributed by atoms with Crippen LogP contribution in [-0.4, -0.2) is 23.5 Å². The minimum atomic E-state index is 0.0445. The summed E-state index contributed by atoms with van der Waals surface area (Å²) in [4.78, 5) is 14.4. The number of hydrogen-bond acceptors (Lipinski definition) is 1. The third-order valence-electron chi connectivity index (χ3n) is 4.16. The quantitative estimate of drug-likeness (QED) is 0.810. The number of rotatable bonds is 1. The van der Waals surface area contributed by atoms with Gasteiger partial charge in [-0.15, -0.1) is 0 Å². The maximum atomic E-state index is 12.4. The summed E-state index contributed by atoms with van der Waals surface area (Å²) < 4.78 is 0. The lowest BCUT2D eigenvalue weighted by molar-refractivity contribution is 0.194. The van der Waals surface area contributed by atoms with Gasteiger partial charge >= 0.3 is 6.03 Å². The van der Waals surface area contributed by atoms with Crippen LogP contribution in [0.2, 0.25) is 0 Å². The van der Waals surface area contributed by atoms with Crippen molar-refractivity contribution >= 4 is 11.7 Å². The van der Waals surface area contributed by atoms with Gasteiger partial charge < -0.3 is 10.2 Å². The molecule has 1 heterocycles. The summed E-state index contributed by atoms with van der Waals surface area (Å²) in [6.45, 7) is 7.14. The van der Waals surface area contributed by atoms with E-state index in [9.17, 15) is 4.79 Å². The van der Waals surface area contributed by atoms with Crippen molar-refractivity contribution in [3.8, 4) is 0 Å². The molecule has 1 fully saturated rings. The molecule has 3 heteroatoms. The smallest absolute Gasteiger partial charge is 0.322 e. The van der Waals surface area contributed by atoms with E-state index in [0.29, 0.717) is 6.04 Å². The number of carbonyl (C=O) groups excluding carboxylic acids is 1. The number of amides is 2. The van der Waals surface area contributed by atoms with Gasteiger partial charge in [-0.2, -0.15) is 0 Å². The Hall–Kier alpha value is -1.51. The molecule has 0 spiro atoms. The van der Waals surface area contributed by atoms with Crippen molar-refractivity contribution < 1.29 is 4.79 Å². The monoisotopic (exact) mass is 260 g/mol. The Morgan fingerprint density at radius 2 is 2.05 bits per heavy atom. The van der Waals surface area contributed by atoms with Crippen LogP contribution in [0, 0.1) is 13.8 Å². The zero-order valence-corrected chi connectivity index (χ0v) is 12.2. The van der Waals surface area contributed by atoms with E-state index in [1.54, 1.807) is 0 Å². The number of hydrogen-bond donors (Lipinski definition) is 1. The molecule has 1 unspecified atom stereocenters. The van der Waals surface area contributed by atoms with Gasteiger partial charge in [0.15, 0.2) is 0 Å². The second-order valence-corrected chi connectivity index (χ2v) is 5.57. The first kappa shape index (κ1) is 13.9. The molecule has 1 aromatic carbocycles. The number of carbonyl (C=O) groups is 1. The number of aryl methyl sites for hydroxylation is 1. The molecule has 2 amide bonds. The van der Waals surface area contributed by atoms with Crippen LogP contribution in [0.3, 0.4) is 0 Å². The van der Waals surface area contributed by atoms with Crippen molar-refractivity contribution in [2.24, 2.45) is 0 Å². The highest BCUT2D eigenvalue weighted by atomic mass is 16.2. The van der Waals surface area contributed by atoms with Gasteiger partial charge in [0.05, 0.1) is 0 Å². The van der Waals surface area contributed by atoms with Crippen LogP contribution >= 0.6 is 0 Å². The van der Waals surface area contributed by atoms with Crippen LogP contribution in [-0.2, 0) is 0 Å². The molecular weight excluding hydrogens is 236 g/mol. The van der Waals surface area contributed by atoms with Crippen LogP contribution in [0.5, 0.6) is 0 Å². The zero-order chi connectivity index (χ0) is 13.8. The van der Waals surface area contributed by atoms with Crippen LogP contribution in [0.25, 0.3) is 0 Å². The number of likely N-dealkylation sites (tertiary alicyclic amines) is 1. The molecule has 0 aromatic heterocycles. The van der Waals surface area contributed by atoms with Crippen molar-refractivity contribution in [1.82, 2.24) is 4.90 Å². The molecule has 1 saturated heterocycles. The number of nitrogens with zero attached hydrogens (tertiary/aromatic N) is 1. The third kappa shape index (κ3) is 3.28. The first-order valence-corrected chi connectivity index (χ1v) is 7.23. The van der Waals surface area contributed by atoms with Gasteiger partial charge in [0, 0.05) is 18.3 Å². The summed E-state index contributed by atoms with van der Waals surface area (Å²) in [6, 6.07) is 6.42. The van der Waals surface area contributed by atoms with Gasteiger partial charge in [-0.1, -0.05) is 25.0 Å². The van der Waals surface area contributed by atoms with E-state index in [0.717, 1.165) is 30.6 Å². The van der Waals surface area contributed by atoms with Gasteiger partial charge in [0.1, 0.15) is 0 Å². The minimum absolute atomic E-state index is 0.0445. The molecule has 1 aliphatic heterocycles. The number of urea groups is 1. The van der Waals surface area contributed by atoms with Crippen LogP contribution in [0.15, 0.2) is 18.2 Å². The maximum absolute atomic E-state index is 12.4. The Bertz CT molecular complexity index is 456. The lowest BCUT2D eigenvalue weighted by Crippen LogP contribution is -2.41. The average Bonchev–Trinajstić information content (AvgIpc) is 2.59. The summed E-state index contributed by atoms with van der Waals surface area (Å²) in [5.74, 6) is 0. The lowest BCUT2D eigenvalue weighted by Gasteiger charge is -2.27. The molecule has 2 rings (SSSR count). The maximum Gasteiger partial charge on any atom is 0.322 e. The largest absolute Gasteiger partial charge is 0.322 e. The van der Waals surface area contributed by atoms with E-state index < -0.39 is 0 Å². The fourth-order valence-corrected chi connectivity index (χ4v) is 2.65. The summed E-state index contributed by atoms with van der Waals surface area (Å²) in [6.07, 6.45) is 4.69. The van der Waals surface area contributed by atoms with Crippen molar-refractivity contribution in [2.75, 3.05) is 11.9 Å². The molecule has 0 aliphatic carbocycles.